The number of hydrogen-bond donors (Lipinski definition) is 2. The molecule has 0 spiro atoms. The van der Waals surface area contributed by atoms with Gasteiger partial charge in [0.25, 0.3) is 5.91 Å². The minimum Gasteiger partial charge on any atom is -0.333 e. The molecule has 1 saturated carbocycles. The summed E-state index contributed by atoms with van der Waals surface area (Å²) in [5.74, 6) is 0.791. The summed E-state index contributed by atoms with van der Waals surface area (Å²) in [6.45, 7) is 2.44. The second-order valence-electron chi connectivity index (χ2n) is 6.43. The highest BCUT2D eigenvalue weighted by atomic mass is 35.5. The second-order valence-corrected chi connectivity index (χ2v) is 6.87. The summed E-state index contributed by atoms with van der Waals surface area (Å²) < 4.78 is 1.96. The molecule has 3 rings (SSSR count). The van der Waals surface area contributed by atoms with Crippen molar-refractivity contribution in [3.05, 3.63) is 47.1 Å². The van der Waals surface area contributed by atoms with Gasteiger partial charge in [-0.25, -0.2) is 4.68 Å². The first-order valence-corrected chi connectivity index (χ1v) is 8.93. The van der Waals surface area contributed by atoms with Crippen LogP contribution in [0.25, 0.3) is 0 Å². The van der Waals surface area contributed by atoms with E-state index in [0.29, 0.717) is 12.6 Å². The Morgan fingerprint density at radius 2 is 2.21 bits per heavy atom. The van der Waals surface area contributed by atoms with Crippen LogP contribution in [0.2, 0.25) is 5.02 Å². The van der Waals surface area contributed by atoms with Crippen molar-refractivity contribution in [2.45, 2.75) is 44.7 Å². The summed E-state index contributed by atoms with van der Waals surface area (Å²) in [5.41, 5.74) is 1.12. The van der Waals surface area contributed by atoms with Crippen LogP contribution in [-0.2, 0) is 4.79 Å². The molecule has 6 heteroatoms. The van der Waals surface area contributed by atoms with E-state index in [0.717, 1.165) is 29.2 Å². The largest absolute Gasteiger partial charge is 0.333 e. The summed E-state index contributed by atoms with van der Waals surface area (Å²) >= 11 is 6.02. The fraction of sp³-hybridized carbons (Fsp3) is 0.444. The SMILES string of the molecule is C[C@@H]([NH2+]CC(=O)Nc1ccnn1C1CCCC1)c1cccc(Cl)c1. The standard InChI is InChI=1S/C18H23ClN4O/c1-13(14-5-4-6-15(19)11-14)20-12-18(24)22-17-9-10-21-23(17)16-7-2-3-8-16/h4-6,9-11,13,16,20H,2-3,7-8,12H2,1H3,(H,22,24)/p+1/t13-/m1/s1. The predicted molar refractivity (Wildman–Crippen MR) is 95.0 cm³/mol. The first-order valence-electron chi connectivity index (χ1n) is 8.55. The molecule has 1 aliphatic rings. The minimum atomic E-state index is -0.0105. The van der Waals surface area contributed by atoms with Crippen molar-refractivity contribution < 1.29 is 10.1 Å². The maximum absolute atomic E-state index is 12.3. The van der Waals surface area contributed by atoms with Gasteiger partial charge in [-0.05, 0) is 31.9 Å². The number of carbonyl (C=O) groups is 1. The third-order valence-corrected chi connectivity index (χ3v) is 4.87. The molecular weight excluding hydrogens is 324 g/mol. The van der Waals surface area contributed by atoms with Gasteiger partial charge in [-0.1, -0.05) is 36.6 Å². The van der Waals surface area contributed by atoms with E-state index in [2.05, 4.69) is 17.3 Å². The van der Waals surface area contributed by atoms with Gasteiger partial charge in [-0.2, -0.15) is 5.10 Å². The number of nitrogens with one attached hydrogen (secondary N) is 1. The van der Waals surface area contributed by atoms with E-state index in [-0.39, 0.29) is 11.9 Å². The minimum absolute atomic E-state index is 0.0105. The summed E-state index contributed by atoms with van der Waals surface area (Å²) in [4.78, 5) is 12.3. The first-order chi connectivity index (χ1) is 11.6. The molecule has 0 saturated heterocycles. The third kappa shape index (κ3) is 4.16. The van der Waals surface area contributed by atoms with Crippen LogP contribution >= 0.6 is 11.6 Å². The molecule has 128 valence electrons. The Morgan fingerprint density at radius 1 is 1.42 bits per heavy atom. The van der Waals surface area contributed by atoms with Crippen LogP contribution in [0.4, 0.5) is 5.82 Å². The number of rotatable bonds is 6. The molecule has 0 bridgehead atoms. The topological polar surface area (TPSA) is 63.5 Å². The number of aromatic nitrogens is 2. The lowest BCUT2D eigenvalue weighted by molar-refractivity contribution is -0.682. The van der Waals surface area contributed by atoms with Gasteiger partial charge in [-0.3, -0.25) is 4.79 Å². The van der Waals surface area contributed by atoms with Crippen LogP contribution in [0, 0.1) is 0 Å². The molecule has 1 aliphatic carbocycles. The zero-order chi connectivity index (χ0) is 16.9. The predicted octanol–water partition coefficient (Wildman–Crippen LogP) is 2.91. The van der Waals surface area contributed by atoms with E-state index in [1.165, 1.54) is 12.8 Å². The molecule has 1 heterocycles. The van der Waals surface area contributed by atoms with Crippen molar-refractivity contribution in [1.82, 2.24) is 9.78 Å². The van der Waals surface area contributed by atoms with Gasteiger partial charge in [0.05, 0.1) is 12.2 Å². The molecular formula is C18H24ClN4O+. The number of carbonyl (C=O) groups excluding carboxylic acids is 1. The lowest BCUT2D eigenvalue weighted by Crippen LogP contribution is -2.86. The zero-order valence-electron chi connectivity index (χ0n) is 13.9. The number of benzene rings is 1. The van der Waals surface area contributed by atoms with Gasteiger partial charge in [0, 0.05) is 16.7 Å². The molecule has 0 aliphatic heterocycles. The van der Waals surface area contributed by atoms with Crippen LogP contribution in [0.3, 0.4) is 0 Å². The zero-order valence-corrected chi connectivity index (χ0v) is 14.7. The maximum atomic E-state index is 12.3. The molecule has 3 N–H and O–H groups in total. The molecule has 1 atom stereocenters. The van der Waals surface area contributed by atoms with Crippen molar-refractivity contribution in [2.75, 3.05) is 11.9 Å². The molecule has 24 heavy (non-hydrogen) atoms. The number of quaternary nitrogens is 1. The lowest BCUT2D eigenvalue weighted by Gasteiger charge is -2.15. The van der Waals surface area contributed by atoms with E-state index in [1.54, 1.807) is 6.20 Å². The highest BCUT2D eigenvalue weighted by molar-refractivity contribution is 6.30. The van der Waals surface area contributed by atoms with E-state index in [4.69, 9.17) is 11.6 Å². The highest BCUT2D eigenvalue weighted by Crippen LogP contribution is 2.31. The van der Waals surface area contributed by atoms with E-state index < -0.39 is 0 Å². The molecule has 0 radical (unpaired) electrons. The highest BCUT2D eigenvalue weighted by Gasteiger charge is 2.21. The van der Waals surface area contributed by atoms with Gasteiger partial charge in [0.1, 0.15) is 11.9 Å². The molecule has 1 fully saturated rings. The van der Waals surface area contributed by atoms with E-state index in [9.17, 15) is 4.79 Å². The van der Waals surface area contributed by atoms with Crippen LogP contribution in [-0.4, -0.2) is 22.2 Å². The number of nitrogens with zero attached hydrogens (tertiary/aromatic N) is 2. The monoisotopic (exact) mass is 347 g/mol. The number of nitrogens with two attached hydrogens (primary N) is 1. The fourth-order valence-corrected chi connectivity index (χ4v) is 3.46. The summed E-state index contributed by atoms with van der Waals surface area (Å²) in [6, 6.07) is 10.2. The molecule has 5 nitrogen and oxygen atoms in total. The Labute approximate surface area is 147 Å². The Morgan fingerprint density at radius 3 is 2.96 bits per heavy atom. The molecule has 1 aromatic heterocycles. The Bertz CT molecular complexity index is 694. The van der Waals surface area contributed by atoms with E-state index in [1.807, 2.05) is 40.3 Å². The summed E-state index contributed by atoms with van der Waals surface area (Å²) in [5, 5.41) is 10.1. The average molecular weight is 348 g/mol. The van der Waals surface area contributed by atoms with Gasteiger partial charge >= 0.3 is 0 Å². The van der Waals surface area contributed by atoms with Crippen LogP contribution in [0.1, 0.15) is 50.3 Å². The maximum Gasteiger partial charge on any atom is 0.280 e. The third-order valence-electron chi connectivity index (χ3n) is 4.64. The van der Waals surface area contributed by atoms with Crippen molar-refractivity contribution in [3.8, 4) is 0 Å². The van der Waals surface area contributed by atoms with Crippen LogP contribution in [0.5, 0.6) is 0 Å². The van der Waals surface area contributed by atoms with Gasteiger partial charge in [0.2, 0.25) is 0 Å². The van der Waals surface area contributed by atoms with Gasteiger partial charge in [-0.15, -0.1) is 0 Å². The van der Waals surface area contributed by atoms with Crippen molar-refractivity contribution in [3.63, 3.8) is 0 Å². The second kappa shape index (κ2) is 7.81. The fourth-order valence-electron chi connectivity index (χ4n) is 3.26. The normalized spacial score (nSPS) is 16.2. The Balaban J connectivity index is 1.54. The van der Waals surface area contributed by atoms with Crippen molar-refractivity contribution in [2.24, 2.45) is 0 Å². The summed E-state index contributed by atoms with van der Waals surface area (Å²) in [7, 11) is 0. The summed E-state index contributed by atoms with van der Waals surface area (Å²) in [6.07, 6.45) is 6.52. The van der Waals surface area contributed by atoms with Gasteiger partial charge < -0.3 is 10.6 Å². The van der Waals surface area contributed by atoms with Crippen molar-refractivity contribution in [1.29, 1.82) is 0 Å². The molecule has 1 aromatic carbocycles. The molecule has 1 amide bonds. The first kappa shape index (κ1) is 17.0. The van der Waals surface area contributed by atoms with Crippen LogP contribution < -0.4 is 10.6 Å². The lowest BCUT2D eigenvalue weighted by atomic mass is 10.1. The van der Waals surface area contributed by atoms with Crippen LogP contribution in [0.15, 0.2) is 36.5 Å². The number of anilines is 1. The number of hydrogen-bond acceptors (Lipinski definition) is 2. The quantitative estimate of drug-likeness (QED) is 0.843. The Hall–Kier alpha value is -1.85. The Kier molecular flexibility index (Phi) is 5.53. The average Bonchev–Trinajstić information content (AvgIpc) is 3.23. The van der Waals surface area contributed by atoms with E-state index >= 15 is 0 Å². The number of amides is 1. The molecule has 2 aromatic rings. The van der Waals surface area contributed by atoms with Gasteiger partial charge in [0.15, 0.2) is 6.54 Å². The molecule has 0 unspecified atom stereocenters. The van der Waals surface area contributed by atoms with Crippen molar-refractivity contribution >= 4 is 23.3 Å². The smallest absolute Gasteiger partial charge is 0.280 e. The number of halogens is 1.